The minimum Gasteiger partial charge on any atom is -0.338 e. The number of aromatic nitrogens is 2. The van der Waals surface area contributed by atoms with Gasteiger partial charge in [0.2, 0.25) is 0 Å². The van der Waals surface area contributed by atoms with Gasteiger partial charge in [-0.2, -0.15) is 0 Å². The third-order valence-electron chi connectivity index (χ3n) is 2.59. The number of hydrogen-bond donors (Lipinski definition) is 2. The van der Waals surface area contributed by atoms with Crippen molar-refractivity contribution in [1.29, 1.82) is 0 Å². The van der Waals surface area contributed by atoms with E-state index < -0.39 is 0 Å². The zero-order valence-corrected chi connectivity index (χ0v) is 10.3. The van der Waals surface area contributed by atoms with Gasteiger partial charge in [0.1, 0.15) is 5.82 Å². The molecule has 2 aromatic rings. The number of rotatable bonds is 4. The second-order valence-electron chi connectivity index (χ2n) is 3.95. The summed E-state index contributed by atoms with van der Waals surface area (Å²) in [5, 5.41) is 5.55. The fourth-order valence-electron chi connectivity index (χ4n) is 1.62. The van der Waals surface area contributed by atoms with Crippen molar-refractivity contribution >= 4 is 11.7 Å². The van der Waals surface area contributed by atoms with Crippen LogP contribution in [0.4, 0.5) is 10.5 Å². The molecule has 0 radical (unpaired) electrons. The minimum absolute atomic E-state index is 0.199. The third kappa shape index (κ3) is 3.35. The largest absolute Gasteiger partial charge is 0.338 e. The molecule has 0 unspecified atom stereocenters. The van der Waals surface area contributed by atoms with Crippen LogP contribution in [0.3, 0.4) is 0 Å². The summed E-state index contributed by atoms with van der Waals surface area (Å²) in [5.74, 6) is 0.954. The highest BCUT2D eigenvalue weighted by molar-refractivity contribution is 5.89. The lowest BCUT2D eigenvalue weighted by atomic mass is 10.3. The van der Waals surface area contributed by atoms with Crippen LogP contribution >= 0.6 is 0 Å². The van der Waals surface area contributed by atoms with Gasteiger partial charge in [-0.05, 0) is 12.1 Å². The Morgan fingerprint density at radius 2 is 2.11 bits per heavy atom. The van der Waals surface area contributed by atoms with Crippen LogP contribution in [-0.4, -0.2) is 22.1 Å². The molecule has 0 aliphatic rings. The van der Waals surface area contributed by atoms with Gasteiger partial charge in [0.05, 0.1) is 0 Å². The van der Waals surface area contributed by atoms with Gasteiger partial charge >= 0.3 is 6.03 Å². The Labute approximate surface area is 106 Å². The van der Waals surface area contributed by atoms with E-state index in [2.05, 4.69) is 15.6 Å². The SMILES string of the molecule is Cn1ccnc1CCNC(=O)Nc1ccccc1. The summed E-state index contributed by atoms with van der Waals surface area (Å²) in [5.41, 5.74) is 0.784. The predicted molar refractivity (Wildman–Crippen MR) is 70.4 cm³/mol. The molecule has 1 aromatic carbocycles. The van der Waals surface area contributed by atoms with Crippen molar-refractivity contribution in [2.75, 3.05) is 11.9 Å². The number of urea groups is 1. The summed E-state index contributed by atoms with van der Waals surface area (Å²) >= 11 is 0. The number of benzene rings is 1. The molecule has 0 spiro atoms. The maximum atomic E-state index is 11.6. The van der Waals surface area contributed by atoms with Crippen molar-refractivity contribution in [2.24, 2.45) is 7.05 Å². The number of anilines is 1. The topological polar surface area (TPSA) is 59.0 Å². The highest BCUT2D eigenvalue weighted by Crippen LogP contribution is 2.04. The maximum Gasteiger partial charge on any atom is 0.319 e. The molecule has 94 valence electrons. The van der Waals surface area contributed by atoms with Gasteiger partial charge in [0.25, 0.3) is 0 Å². The number of amides is 2. The number of carbonyl (C=O) groups is 1. The number of nitrogens with zero attached hydrogens (tertiary/aromatic N) is 2. The van der Waals surface area contributed by atoms with E-state index in [1.54, 1.807) is 6.20 Å². The molecule has 18 heavy (non-hydrogen) atoms. The first kappa shape index (κ1) is 12.2. The normalized spacial score (nSPS) is 10.1. The van der Waals surface area contributed by atoms with Crippen molar-refractivity contribution in [3.63, 3.8) is 0 Å². The molecular weight excluding hydrogens is 228 g/mol. The number of hydrogen-bond acceptors (Lipinski definition) is 2. The van der Waals surface area contributed by atoms with E-state index in [1.807, 2.05) is 48.1 Å². The summed E-state index contributed by atoms with van der Waals surface area (Å²) in [6.45, 7) is 0.559. The second kappa shape index (κ2) is 5.86. The number of aryl methyl sites for hydroxylation is 1. The molecule has 0 bridgehead atoms. The lowest BCUT2D eigenvalue weighted by molar-refractivity contribution is 0.252. The Morgan fingerprint density at radius 3 is 2.78 bits per heavy atom. The minimum atomic E-state index is -0.199. The quantitative estimate of drug-likeness (QED) is 0.861. The molecule has 0 aliphatic carbocycles. The molecule has 5 nitrogen and oxygen atoms in total. The average molecular weight is 244 g/mol. The van der Waals surface area contributed by atoms with Crippen LogP contribution < -0.4 is 10.6 Å². The molecular formula is C13H16N4O. The standard InChI is InChI=1S/C13H16N4O/c1-17-10-9-14-12(17)7-8-15-13(18)16-11-5-3-2-4-6-11/h2-6,9-10H,7-8H2,1H3,(H2,15,16,18). The lowest BCUT2D eigenvalue weighted by Crippen LogP contribution is -2.30. The van der Waals surface area contributed by atoms with E-state index >= 15 is 0 Å². The Hall–Kier alpha value is -2.30. The predicted octanol–water partition coefficient (Wildman–Crippen LogP) is 1.78. The van der Waals surface area contributed by atoms with Gasteiger partial charge in [-0.15, -0.1) is 0 Å². The van der Waals surface area contributed by atoms with E-state index in [4.69, 9.17) is 0 Å². The third-order valence-corrected chi connectivity index (χ3v) is 2.59. The first-order valence-corrected chi connectivity index (χ1v) is 5.82. The Bertz CT molecular complexity index is 507. The Kier molecular flexibility index (Phi) is 3.96. The molecule has 5 heteroatoms. The van der Waals surface area contributed by atoms with E-state index in [0.717, 1.165) is 11.5 Å². The number of para-hydroxylation sites is 1. The van der Waals surface area contributed by atoms with E-state index in [1.165, 1.54) is 0 Å². The summed E-state index contributed by atoms with van der Waals surface area (Å²) in [6.07, 6.45) is 4.35. The molecule has 2 amide bonds. The van der Waals surface area contributed by atoms with Crippen molar-refractivity contribution in [3.8, 4) is 0 Å². The molecule has 0 aliphatic heterocycles. The molecule has 1 heterocycles. The van der Waals surface area contributed by atoms with Crippen LogP contribution in [0.25, 0.3) is 0 Å². The van der Waals surface area contributed by atoms with E-state index in [0.29, 0.717) is 13.0 Å². The zero-order chi connectivity index (χ0) is 12.8. The summed E-state index contributed by atoms with van der Waals surface area (Å²) < 4.78 is 1.94. The Balaban J connectivity index is 1.74. The fraction of sp³-hybridized carbons (Fsp3) is 0.231. The van der Waals surface area contributed by atoms with Crippen LogP contribution in [-0.2, 0) is 13.5 Å². The second-order valence-corrected chi connectivity index (χ2v) is 3.95. The number of imidazole rings is 1. The van der Waals surface area contributed by atoms with Crippen LogP contribution in [0.1, 0.15) is 5.82 Å². The molecule has 2 rings (SSSR count). The zero-order valence-electron chi connectivity index (χ0n) is 10.3. The van der Waals surface area contributed by atoms with Crippen LogP contribution in [0.5, 0.6) is 0 Å². The molecule has 0 saturated carbocycles. The molecule has 1 aromatic heterocycles. The number of nitrogens with one attached hydrogen (secondary N) is 2. The lowest BCUT2D eigenvalue weighted by Gasteiger charge is -2.07. The van der Waals surface area contributed by atoms with Crippen molar-refractivity contribution in [1.82, 2.24) is 14.9 Å². The summed E-state index contributed by atoms with van der Waals surface area (Å²) in [7, 11) is 1.94. The summed E-state index contributed by atoms with van der Waals surface area (Å²) in [6, 6.07) is 9.16. The molecule has 2 N–H and O–H groups in total. The van der Waals surface area contributed by atoms with Crippen molar-refractivity contribution in [3.05, 3.63) is 48.5 Å². The summed E-state index contributed by atoms with van der Waals surface area (Å²) in [4.78, 5) is 15.8. The monoisotopic (exact) mass is 244 g/mol. The molecule has 0 atom stereocenters. The highest BCUT2D eigenvalue weighted by atomic mass is 16.2. The molecule has 0 saturated heterocycles. The van der Waals surface area contributed by atoms with Gasteiger partial charge in [-0.3, -0.25) is 0 Å². The highest BCUT2D eigenvalue weighted by Gasteiger charge is 2.02. The van der Waals surface area contributed by atoms with Crippen molar-refractivity contribution < 1.29 is 4.79 Å². The van der Waals surface area contributed by atoms with Gasteiger partial charge in [-0.25, -0.2) is 9.78 Å². The molecule has 0 fully saturated rings. The van der Waals surface area contributed by atoms with E-state index in [9.17, 15) is 4.79 Å². The smallest absolute Gasteiger partial charge is 0.319 e. The maximum absolute atomic E-state index is 11.6. The average Bonchev–Trinajstić information content (AvgIpc) is 2.76. The van der Waals surface area contributed by atoms with Gasteiger partial charge < -0.3 is 15.2 Å². The van der Waals surface area contributed by atoms with Crippen molar-refractivity contribution in [2.45, 2.75) is 6.42 Å². The van der Waals surface area contributed by atoms with Crippen LogP contribution in [0.2, 0.25) is 0 Å². The fourth-order valence-corrected chi connectivity index (χ4v) is 1.62. The van der Waals surface area contributed by atoms with Gasteiger partial charge in [-0.1, -0.05) is 18.2 Å². The first-order valence-electron chi connectivity index (χ1n) is 5.82. The van der Waals surface area contributed by atoms with Gasteiger partial charge in [0.15, 0.2) is 0 Å². The van der Waals surface area contributed by atoms with Crippen LogP contribution in [0, 0.1) is 0 Å². The Morgan fingerprint density at radius 1 is 1.33 bits per heavy atom. The van der Waals surface area contributed by atoms with Crippen LogP contribution in [0.15, 0.2) is 42.7 Å². The van der Waals surface area contributed by atoms with Gasteiger partial charge in [0, 0.05) is 38.1 Å². The number of carbonyl (C=O) groups excluding carboxylic acids is 1. The van der Waals surface area contributed by atoms with E-state index in [-0.39, 0.29) is 6.03 Å². The first-order chi connectivity index (χ1) is 8.75.